The number of aliphatic hydroxyl groups is 1. The summed E-state index contributed by atoms with van der Waals surface area (Å²) in [6.07, 6.45) is 2.21. The van der Waals surface area contributed by atoms with Crippen LogP contribution in [0, 0.1) is 25.2 Å². The molecule has 3 rings (SSSR count). The van der Waals surface area contributed by atoms with Crippen molar-refractivity contribution in [3.05, 3.63) is 17.0 Å². The lowest BCUT2D eigenvalue weighted by atomic mass is 9.73. The number of fused-ring (bicyclic) bond motifs is 1. The third-order valence-corrected chi connectivity index (χ3v) is 6.26. The zero-order valence-corrected chi connectivity index (χ0v) is 17.1. The fourth-order valence-electron chi connectivity index (χ4n) is 4.52. The SMILES string of the molecule is Cc1noc(C)c1CCC(=O)N1C[C@H]2CCN(C(C)C)C[C@@]2(CO)C1.Cl. The quantitative estimate of drug-likeness (QED) is 0.841. The van der Waals surface area contributed by atoms with Gasteiger partial charge >= 0.3 is 0 Å². The second-order valence-corrected chi connectivity index (χ2v) is 8.15. The van der Waals surface area contributed by atoms with Gasteiger partial charge in [-0.25, -0.2) is 0 Å². The van der Waals surface area contributed by atoms with Gasteiger partial charge in [0, 0.05) is 43.1 Å². The Kier molecular flexibility index (Phi) is 6.75. The third-order valence-electron chi connectivity index (χ3n) is 6.26. The summed E-state index contributed by atoms with van der Waals surface area (Å²) < 4.78 is 5.18. The van der Waals surface area contributed by atoms with Crippen molar-refractivity contribution >= 4 is 18.3 Å². The van der Waals surface area contributed by atoms with Gasteiger partial charge in [-0.3, -0.25) is 4.79 Å². The molecular weight excluding hydrogens is 354 g/mol. The Labute approximate surface area is 162 Å². The fourth-order valence-corrected chi connectivity index (χ4v) is 4.52. The first-order valence-electron chi connectivity index (χ1n) is 9.41. The average molecular weight is 386 g/mol. The molecular formula is C19H32ClN3O3. The Bertz CT molecular complexity index is 614. The van der Waals surface area contributed by atoms with E-state index in [-0.39, 0.29) is 30.3 Å². The topological polar surface area (TPSA) is 69.8 Å². The summed E-state index contributed by atoms with van der Waals surface area (Å²) in [7, 11) is 0. The van der Waals surface area contributed by atoms with Gasteiger partial charge in [0.25, 0.3) is 0 Å². The van der Waals surface area contributed by atoms with E-state index in [1.54, 1.807) is 0 Å². The molecule has 1 aromatic heterocycles. The Morgan fingerprint density at radius 3 is 2.69 bits per heavy atom. The van der Waals surface area contributed by atoms with Crippen molar-refractivity contribution in [2.75, 3.05) is 32.8 Å². The lowest BCUT2D eigenvalue weighted by Crippen LogP contribution is -2.52. The van der Waals surface area contributed by atoms with Crippen LogP contribution >= 0.6 is 12.4 Å². The Morgan fingerprint density at radius 1 is 1.38 bits per heavy atom. The van der Waals surface area contributed by atoms with Gasteiger partial charge in [0.1, 0.15) is 5.76 Å². The minimum Gasteiger partial charge on any atom is -0.396 e. The van der Waals surface area contributed by atoms with Crippen LogP contribution in [0.25, 0.3) is 0 Å². The van der Waals surface area contributed by atoms with Gasteiger partial charge in [-0.2, -0.15) is 0 Å². The number of hydrogen-bond donors (Lipinski definition) is 1. The van der Waals surface area contributed by atoms with E-state index in [0.29, 0.717) is 31.3 Å². The van der Waals surface area contributed by atoms with Gasteiger partial charge in [0.2, 0.25) is 5.91 Å². The molecule has 2 aliphatic rings. The normalized spacial score (nSPS) is 26.1. The van der Waals surface area contributed by atoms with Crippen LogP contribution in [-0.2, 0) is 11.2 Å². The average Bonchev–Trinajstić information content (AvgIpc) is 3.13. The number of carbonyl (C=O) groups is 1. The number of piperidine rings is 1. The molecule has 148 valence electrons. The van der Waals surface area contributed by atoms with Gasteiger partial charge in [-0.15, -0.1) is 12.4 Å². The number of aromatic nitrogens is 1. The van der Waals surface area contributed by atoms with Crippen LogP contribution in [0.3, 0.4) is 0 Å². The molecule has 2 atom stereocenters. The van der Waals surface area contributed by atoms with Crippen LogP contribution < -0.4 is 0 Å². The molecule has 0 bridgehead atoms. The Hall–Kier alpha value is -1.11. The molecule has 3 heterocycles. The molecule has 7 heteroatoms. The van der Waals surface area contributed by atoms with Crippen LogP contribution in [0.5, 0.6) is 0 Å². The minimum atomic E-state index is -0.152. The zero-order valence-electron chi connectivity index (χ0n) is 16.3. The minimum absolute atomic E-state index is 0. The summed E-state index contributed by atoms with van der Waals surface area (Å²) >= 11 is 0. The summed E-state index contributed by atoms with van der Waals surface area (Å²) in [4.78, 5) is 17.2. The predicted octanol–water partition coefficient (Wildman–Crippen LogP) is 2.20. The number of likely N-dealkylation sites (tertiary alicyclic amines) is 2. The first-order valence-corrected chi connectivity index (χ1v) is 9.41. The standard InChI is InChI=1S/C19H31N3O3.ClH/c1-13(2)21-8-7-16-9-22(11-19(16,10-21)12-23)18(24)6-5-17-14(3)20-25-15(17)4;/h13,16,23H,5-12H2,1-4H3;1H/t16-,19+;/m1./s1. The van der Waals surface area contributed by atoms with Crippen LogP contribution in [0.15, 0.2) is 4.52 Å². The number of rotatable bonds is 5. The Balaban J connectivity index is 0.00000243. The monoisotopic (exact) mass is 385 g/mol. The van der Waals surface area contributed by atoms with Crippen LogP contribution in [0.2, 0.25) is 0 Å². The first kappa shape index (κ1) is 21.2. The van der Waals surface area contributed by atoms with Crippen LogP contribution in [0.1, 0.15) is 43.7 Å². The fraction of sp³-hybridized carbons (Fsp3) is 0.789. The maximum Gasteiger partial charge on any atom is 0.222 e. The first-order chi connectivity index (χ1) is 11.9. The van der Waals surface area contributed by atoms with E-state index >= 15 is 0 Å². The molecule has 0 aliphatic carbocycles. The van der Waals surface area contributed by atoms with E-state index in [0.717, 1.165) is 43.1 Å². The number of hydrogen-bond acceptors (Lipinski definition) is 5. The molecule has 1 amide bonds. The van der Waals surface area contributed by atoms with Gasteiger partial charge in [0.05, 0.1) is 12.3 Å². The maximum atomic E-state index is 12.8. The van der Waals surface area contributed by atoms with Gasteiger partial charge in [-0.05, 0) is 53.0 Å². The highest BCUT2D eigenvalue weighted by Crippen LogP contribution is 2.42. The lowest BCUT2D eigenvalue weighted by Gasteiger charge is -2.44. The molecule has 1 aromatic rings. The van der Waals surface area contributed by atoms with Crippen LogP contribution in [-0.4, -0.2) is 64.8 Å². The van der Waals surface area contributed by atoms with Crippen molar-refractivity contribution in [1.82, 2.24) is 15.0 Å². The van der Waals surface area contributed by atoms with Crippen molar-refractivity contribution in [1.29, 1.82) is 0 Å². The maximum absolute atomic E-state index is 12.8. The molecule has 0 radical (unpaired) electrons. The summed E-state index contributed by atoms with van der Waals surface area (Å²) in [5.74, 6) is 1.40. The predicted molar refractivity (Wildman–Crippen MR) is 102 cm³/mol. The summed E-state index contributed by atoms with van der Waals surface area (Å²) in [5.41, 5.74) is 1.77. The molecule has 2 aliphatic heterocycles. The number of halogens is 1. The summed E-state index contributed by atoms with van der Waals surface area (Å²) in [6, 6.07) is 0.480. The number of aryl methyl sites for hydroxylation is 2. The van der Waals surface area contributed by atoms with Crippen LogP contribution in [0.4, 0.5) is 0 Å². The molecule has 0 unspecified atom stereocenters. The highest BCUT2D eigenvalue weighted by atomic mass is 35.5. The summed E-state index contributed by atoms with van der Waals surface area (Å²) in [6.45, 7) is 11.8. The van der Waals surface area contributed by atoms with Crippen molar-refractivity contribution in [2.24, 2.45) is 11.3 Å². The molecule has 0 aromatic carbocycles. The number of nitrogens with zero attached hydrogens (tertiary/aromatic N) is 3. The lowest BCUT2D eigenvalue weighted by molar-refractivity contribution is -0.130. The molecule has 6 nitrogen and oxygen atoms in total. The van der Waals surface area contributed by atoms with Crippen molar-refractivity contribution in [2.45, 2.75) is 53.0 Å². The number of amides is 1. The highest BCUT2D eigenvalue weighted by Gasteiger charge is 2.50. The molecule has 2 saturated heterocycles. The molecule has 2 fully saturated rings. The van der Waals surface area contributed by atoms with E-state index in [1.165, 1.54) is 0 Å². The smallest absolute Gasteiger partial charge is 0.222 e. The van der Waals surface area contributed by atoms with Crippen molar-refractivity contribution in [3.8, 4) is 0 Å². The van der Waals surface area contributed by atoms with E-state index in [4.69, 9.17) is 4.52 Å². The van der Waals surface area contributed by atoms with Gasteiger partial charge in [0.15, 0.2) is 0 Å². The van der Waals surface area contributed by atoms with Crippen molar-refractivity contribution in [3.63, 3.8) is 0 Å². The van der Waals surface area contributed by atoms with E-state index in [2.05, 4.69) is 23.9 Å². The zero-order chi connectivity index (χ0) is 18.2. The second-order valence-electron chi connectivity index (χ2n) is 8.15. The molecule has 1 N–H and O–H groups in total. The van der Waals surface area contributed by atoms with E-state index in [9.17, 15) is 9.90 Å². The highest BCUT2D eigenvalue weighted by molar-refractivity contribution is 5.85. The second kappa shape index (κ2) is 8.28. The number of aliphatic hydroxyl groups excluding tert-OH is 1. The third kappa shape index (κ3) is 3.92. The van der Waals surface area contributed by atoms with Gasteiger partial charge < -0.3 is 19.4 Å². The molecule has 0 spiro atoms. The molecule has 26 heavy (non-hydrogen) atoms. The van der Waals surface area contributed by atoms with E-state index in [1.807, 2.05) is 18.7 Å². The number of carbonyl (C=O) groups excluding carboxylic acids is 1. The molecule has 0 saturated carbocycles. The van der Waals surface area contributed by atoms with Gasteiger partial charge in [-0.1, -0.05) is 5.16 Å². The van der Waals surface area contributed by atoms with E-state index < -0.39 is 0 Å². The Morgan fingerprint density at radius 2 is 2.12 bits per heavy atom. The van der Waals surface area contributed by atoms with Crippen molar-refractivity contribution < 1.29 is 14.4 Å². The largest absolute Gasteiger partial charge is 0.396 e. The summed E-state index contributed by atoms with van der Waals surface area (Å²) in [5, 5.41) is 14.1.